The predicted molar refractivity (Wildman–Crippen MR) is 110 cm³/mol. The Morgan fingerprint density at radius 2 is 2.19 bits per heavy atom. The zero-order chi connectivity index (χ0) is 19.8. The first-order valence-corrected chi connectivity index (χ1v) is 11.5. The SMILES string of the molecule is [C-]#[N+]c1ccc2c(c1)N(CC)C(=C=Cc1sc(=S)n(CP(=O)(O)O)c1O)S2. The van der Waals surface area contributed by atoms with E-state index >= 15 is 0 Å². The van der Waals surface area contributed by atoms with Gasteiger partial charge in [0, 0.05) is 23.2 Å². The molecule has 3 N–H and O–H groups in total. The van der Waals surface area contributed by atoms with Crippen molar-refractivity contribution < 1.29 is 19.5 Å². The molecule has 140 valence electrons. The third-order valence-electron chi connectivity index (χ3n) is 3.68. The number of aromatic hydroxyl groups is 1. The van der Waals surface area contributed by atoms with Crippen LogP contribution >= 0.6 is 42.9 Å². The smallest absolute Gasteiger partial charge is 0.345 e. The minimum absolute atomic E-state index is 0.172. The molecule has 0 radical (unpaired) electrons. The molecule has 0 atom stereocenters. The lowest BCUT2D eigenvalue weighted by atomic mass is 10.2. The third-order valence-corrected chi connectivity index (χ3v) is 6.81. The number of fused-ring (bicyclic) bond motifs is 1. The maximum atomic E-state index is 11.2. The summed E-state index contributed by atoms with van der Waals surface area (Å²) in [5, 5.41) is 11.0. The number of hydrogen-bond acceptors (Lipinski definition) is 6. The first-order valence-electron chi connectivity index (χ1n) is 7.64. The summed E-state index contributed by atoms with van der Waals surface area (Å²) >= 11 is 7.63. The van der Waals surface area contributed by atoms with E-state index in [-0.39, 0.29) is 9.83 Å². The average Bonchev–Trinajstić information content (AvgIpc) is 3.09. The van der Waals surface area contributed by atoms with Crippen LogP contribution in [0, 0.1) is 10.5 Å². The first-order chi connectivity index (χ1) is 12.7. The molecular formula is C16H14N3O4PS3. The van der Waals surface area contributed by atoms with E-state index in [0.29, 0.717) is 17.1 Å². The van der Waals surface area contributed by atoms with Crippen molar-refractivity contribution >= 4 is 60.4 Å². The molecule has 1 aromatic carbocycles. The van der Waals surface area contributed by atoms with E-state index in [2.05, 4.69) is 10.6 Å². The molecule has 0 aliphatic carbocycles. The second-order valence-electron chi connectivity index (χ2n) is 5.49. The maximum absolute atomic E-state index is 11.2. The summed E-state index contributed by atoms with van der Waals surface area (Å²) in [6.07, 6.45) is 0.887. The summed E-state index contributed by atoms with van der Waals surface area (Å²) in [6, 6.07) is 5.48. The largest absolute Gasteiger partial charge is 0.493 e. The number of hydrogen-bond donors (Lipinski definition) is 3. The quantitative estimate of drug-likeness (QED) is 0.274. The van der Waals surface area contributed by atoms with E-state index < -0.39 is 13.9 Å². The standard InChI is InChI=1S/C16H14N3O4PS3/c1-3-18-11-8-10(17-2)4-5-12(11)26-14(18)7-6-13-15(20)19(16(25)27-13)9-24(21,22)23/h4-6,8,20H,3,9H2,1H3,(H2,21,22,23). The summed E-state index contributed by atoms with van der Waals surface area (Å²) < 4.78 is 12.4. The number of anilines is 1. The van der Waals surface area contributed by atoms with Crippen LogP contribution in [0.4, 0.5) is 11.4 Å². The summed E-state index contributed by atoms with van der Waals surface area (Å²) in [6.45, 7) is 9.82. The van der Waals surface area contributed by atoms with E-state index in [4.69, 9.17) is 28.6 Å². The average molecular weight is 439 g/mol. The highest BCUT2D eigenvalue weighted by Gasteiger charge is 2.24. The molecule has 7 nitrogen and oxygen atoms in total. The molecule has 1 aliphatic rings. The van der Waals surface area contributed by atoms with Gasteiger partial charge in [-0.05, 0) is 25.2 Å². The highest BCUT2D eigenvalue weighted by Crippen LogP contribution is 2.47. The summed E-state index contributed by atoms with van der Waals surface area (Å²) in [5.41, 5.74) is 4.62. The van der Waals surface area contributed by atoms with E-state index in [0.717, 1.165) is 31.5 Å². The molecule has 11 heteroatoms. The van der Waals surface area contributed by atoms with Crippen LogP contribution in [0.1, 0.15) is 11.8 Å². The molecule has 2 aromatic rings. The van der Waals surface area contributed by atoms with Crippen molar-refractivity contribution in [1.82, 2.24) is 4.57 Å². The van der Waals surface area contributed by atoms with E-state index in [1.54, 1.807) is 12.1 Å². The molecule has 1 aromatic heterocycles. The minimum atomic E-state index is -4.36. The van der Waals surface area contributed by atoms with Crippen molar-refractivity contribution in [2.75, 3.05) is 11.4 Å². The second-order valence-corrected chi connectivity index (χ2v) is 9.81. The molecule has 1 aliphatic heterocycles. The monoisotopic (exact) mass is 439 g/mol. The molecule has 0 saturated heterocycles. The van der Waals surface area contributed by atoms with Gasteiger partial charge in [-0.3, -0.25) is 9.13 Å². The van der Waals surface area contributed by atoms with Crippen LogP contribution < -0.4 is 4.90 Å². The van der Waals surface area contributed by atoms with Gasteiger partial charge in [-0.25, -0.2) is 4.85 Å². The van der Waals surface area contributed by atoms with Crippen LogP contribution in [0.5, 0.6) is 5.88 Å². The number of rotatable bonds is 4. The van der Waals surface area contributed by atoms with Gasteiger partial charge in [-0.15, -0.1) is 11.3 Å². The molecular weight excluding hydrogens is 425 g/mol. The Balaban J connectivity index is 1.99. The molecule has 0 saturated carbocycles. The van der Waals surface area contributed by atoms with Gasteiger partial charge in [-0.2, -0.15) is 0 Å². The van der Waals surface area contributed by atoms with Gasteiger partial charge in [-0.1, -0.05) is 29.6 Å². The van der Waals surface area contributed by atoms with Crippen LogP contribution in [0.25, 0.3) is 10.9 Å². The lowest BCUT2D eigenvalue weighted by Gasteiger charge is -2.16. The number of thioether (sulfide) groups is 1. The highest BCUT2D eigenvalue weighted by atomic mass is 32.2. The van der Waals surface area contributed by atoms with Crippen LogP contribution in [0.2, 0.25) is 0 Å². The Bertz CT molecular complexity index is 1120. The van der Waals surface area contributed by atoms with Gasteiger partial charge in [0.1, 0.15) is 11.3 Å². The zero-order valence-electron chi connectivity index (χ0n) is 14.0. The van der Waals surface area contributed by atoms with Gasteiger partial charge in [0.05, 0.1) is 11.4 Å². The van der Waals surface area contributed by atoms with Gasteiger partial charge in [0.2, 0.25) is 5.88 Å². The van der Waals surface area contributed by atoms with Crippen LogP contribution in [-0.4, -0.2) is 26.0 Å². The van der Waals surface area contributed by atoms with Crippen molar-refractivity contribution in [2.24, 2.45) is 0 Å². The van der Waals surface area contributed by atoms with Gasteiger partial charge in [0.15, 0.2) is 9.64 Å². The van der Waals surface area contributed by atoms with Gasteiger partial charge < -0.3 is 19.8 Å². The molecule has 3 rings (SSSR count). The fourth-order valence-corrected chi connectivity index (χ4v) is 5.60. The molecule has 0 amide bonds. The van der Waals surface area contributed by atoms with Crippen molar-refractivity contribution in [3.8, 4) is 5.88 Å². The Morgan fingerprint density at radius 3 is 2.81 bits per heavy atom. The van der Waals surface area contributed by atoms with E-state index in [9.17, 15) is 9.67 Å². The number of nitrogens with zero attached hydrogens (tertiary/aromatic N) is 3. The molecule has 0 unspecified atom stereocenters. The van der Waals surface area contributed by atoms with Crippen molar-refractivity contribution in [1.29, 1.82) is 0 Å². The third kappa shape index (κ3) is 4.21. The predicted octanol–water partition coefficient (Wildman–Crippen LogP) is 4.76. The van der Waals surface area contributed by atoms with E-state index in [1.807, 2.05) is 24.0 Å². The van der Waals surface area contributed by atoms with Gasteiger partial charge in [0.25, 0.3) is 0 Å². The Morgan fingerprint density at radius 1 is 1.44 bits per heavy atom. The molecule has 0 spiro atoms. The Kier molecular flexibility index (Phi) is 5.65. The minimum Gasteiger partial charge on any atom is -0.493 e. The fourth-order valence-electron chi connectivity index (χ4n) is 2.51. The van der Waals surface area contributed by atoms with Crippen LogP contribution in [0.15, 0.2) is 33.9 Å². The summed E-state index contributed by atoms with van der Waals surface area (Å²) in [5.74, 6) is -0.291. The lowest BCUT2D eigenvalue weighted by Crippen LogP contribution is -2.15. The Hall–Kier alpha value is -1.82. The molecule has 0 bridgehead atoms. The Labute approximate surface area is 168 Å². The normalized spacial score (nSPS) is 13.3. The van der Waals surface area contributed by atoms with Gasteiger partial charge >= 0.3 is 7.60 Å². The summed E-state index contributed by atoms with van der Waals surface area (Å²) in [4.78, 5) is 25.1. The first kappa shape index (κ1) is 19.9. The van der Waals surface area contributed by atoms with E-state index in [1.165, 1.54) is 11.8 Å². The van der Waals surface area contributed by atoms with Crippen LogP contribution in [-0.2, 0) is 10.9 Å². The number of benzene rings is 1. The second kappa shape index (κ2) is 7.66. The summed E-state index contributed by atoms with van der Waals surface area (Å²) in [7, 11) is -4.36. The van der Waals surface area contributed by atoms with Crippen molar-refractivity contribution in [2.45, 2.75) is 18.1 Å². The van der Waals surface area contributed by atoms with Crippen molar-refractivity contribution in [3.63, 3.8) is 0 Å². The maximum Gasteiger partial charge on any atom is 0.345 e. The topological polar surface area (TPSA) is 90.3 Å². The molecule has 0 fully saturated rings. The fraction of sp³-hybridized carbons (Fsp3) is 0.188. The lowest BCUT2D eigenvalue weighted by molar-refractivity contribution is 0.352. The molecule has 2 heterocycles. The van der Waals surface area contributed by atoms with Crippen molar-refractivity contribution in [3.05, 3.63) is 49.2 Å². The number of thiazole rings is 1. The molecule has 27 heavy (non-hydrogen) atoms. The van der Waals surface area contributed by atoms with Crippen LogP contribution in [0.3, 0.4) is 0 Å². The number of aromatic nitrogens is 1. The zero-order valence-corrected chi connectivity index (χ0v) is 17.3. The highest BCUT2D eigenvalue weighted by molar-refractivity contribution is 8.03.